The predicted octanol–water partition coefficient (Wildman–Crippen LogP) is 0.384. The Bertz CT molecular complexity index is 258. The molecule has 0 heterocycles. The van der Waals surface area contributed by atoms with Crippen LogP contribution in [0.3, 0.4) is 0 Å². The van der Waals surface area contributed by atoms with E-state index in [2.05, 4.69) is 10.1 Å². The van der Waals surface area contributed by atoms with Gasteiger partial charge in [0, 0.05) is 18.2 Å². The van der Waals surface area contributed by atoms with Crippen molar-refractivity contribution in [3.05, 3.63) is 11.8 Å². The van der Waals surface area contributed by atoms with Gasteiger partial charge in [-0.15, -0.1) is 0 Å². The molecular formula is C9H13NO3. The van der Waals surface area contributed by atoms with Crippen LogP contribution in [0.25, 0.3) is 0 Å². The van der Waals surface area contributed by atoms with Crippen molar-refractivity contribution < 1.29 is 14.3 Å². The molecule has 0 spiro atoms. The van der Waals surface area contributed by atoms with Crippen LogP contribution in [0.4, 0.5) is 0 Å². The Kier molecular flexibility index (Phi) is 3.06. The SMILES string of the molecule is COC(=O)C(C)NC1=CC(=O)CC1. The van der Waals surface area contributed by atoms with E-state index in [4.69, 9.17) is 0 Å². The summed E-state index contributed by atoms with van der Waals surface area (Å²) in [6.45, 7) is 1.70. The number of esters is 1. The van der Waals surface area contributed by atoms with Gasteiger partial charge in [-0.2, -0.15) is 0 Å². The fourth-order valence-corrected chi connectivity index (χ4v) is 1.22. The number of nitrogens with one attached hydrogen (secondary N) is 1. The molecule has 1 unspecified atom stereocenters. The van der Waals surface area contributed by atoms with Crippen LogP contribution in [0.5, 0.6) is 0 Å². The van der Waals surface area contributed by atoms with Gasteiger partial charge in [0.2, 0.25) is 0 Å². The van der Waals surface area contributed by atoms with E-state index in [-0.39, 0.29) is 17.8 Å². The number of hydrogen-bond acceptors (Lipinski definition) is 4. The smallest absolute Gasteiger partial charge is 0.327 e. The molecule has 0 aromatic heterocycles. The summed E-state index contributed by atoms with van der Waals surface area (Å²) in [5, 5.41) is 2.93. The number of allylic oxidation sites excluding steroid dienone is 2. The molecule has 72 valence electrons. The quantitative estimate of drug-likeness (QED) is 0.643. The first-order valence-electron chi connectivity index (χ1n) is 4.21. The van der Waals surface area contributed by atoms with Gasteiger partial charge in [-0.05, 0) is 13.3 Å². The van der Waals surface area contributed by atoms with Crippen molar-refractivity contribution in [3.8, 4) is 0 Å². The Labute approximate surface area is 76.9 Å². The van der Waals surface area contributed by atoms with E-state index in [0.29, 0.717) is 12.8 Å². The normalized spacial score (nSPS) is 18.0. The Morgan fingerprint density at radius 1 is 1.62 bits per heavy atom. The fourth-order valence-electron chi connectivity index (χ4n) is 1.22. The summed E-state index contributed by atoms with van der Waals surface area (Å²) >= 11 is 0. The molecule has 1 N–H and O–H groups in total. The first-order chi connectivity index (χ1) is 6.13. The molecule has 4 heteroatoms. The average molecular weight is 183 g/mol. The lowest BCUT2D eigenvalue weighted by Crippen LogP contribution is -2.33. The highest BCUT2D eigenvalue weighted by Gasteiger charge is 2.17. The van der Waals surface area contributed by atoms with Gasteiger partial charge < -0.3 is 10.1 Å². The number of ketones is 1. The van der Waals surface area contributed by atoms with E-state index >= 15 is 0 Å². The molecule has 0 saturated carbocycles. The number of ether oxygens (including phenoxy) is 1. The molecular weight excluding hydrogens is 170 g/mol. The molecule has 1 aliphatic carbocycles. The summed E-state index contributed by atoms with van der Waals surface area (Å²) in [7, 11) is 1.34. The molecule has 4 nitrogen and oxygen atoms in total. The second-order valence-corrected chi connectivity index (χ2v) is 3.03. The highest BCUT2D eigenvalue weighted by atomic mass is 16.5. The Morgan fingerprint density at radius 2 is 2.31 bits per heavy atom. The number of rotatable bonds is 3. The third-order valence-electron chi connectivity index (χ3n) is 1.93. The van der Waals surface area contributed by atoms with E-state index in [1.54, 1.807) is 13.0 Å². The molecule has 1 aliphatic rings. The minimum Gasteiger partial charge on any atom is -0.467 e. The maximum atomic E-state index is 11.0. The van der Waals surface area contributed by atoms with Crippen LogP contribution in [0.2, 0.25) is 0 Å². The van der Waals surface area contributed by atoms with Crippen LogP contribution in [0, 0.1) is 0 Å². The second-order valence-electron chi connectivity index (χ2n) is 3.03. The molecule has 0 bridgehead atoms. The van der Waals surface area contributed by atoms with Crippen molar-refractivity contribution in [3.63, 3.8) is 0 Å². The second kappa shape index (κ2) is 4.07. The van der Waals surface area contributed by atoms with E-state index in [9.17, 15) is 9.59 Å². The highest BCUT2D eigenvalue weighted by Crippen LogP contribution is 2.12. The number of carbonyl (C=O) groups is 2. The summed E-state index contributed by atoms with van der Waals surface area (Å²) in [6, 6.07) is -0.387. The molecule has 0 saturated heterocycles. The summed E-state index contributed by atoms with van der Waals surface area (Å²) in [5.41, 5.74) is 0.822. The Balaban J connectivity index is 2.45. The highest BCUT2D eigenvalue weighted by molar-refractivity contribution is 5.93. The zero-order chi connectivity index (χ0) is 9.84. The van der Waals surface area contributed by atoms with Gasteiger partial charge in [0.05, 0.1) is 7.11 Å². The minimum absolute atomic E-state index is 0.111. The topological polar surface area (TPSA) is 55.4 Å². The third-order valence-corrected chi connectivity index (χ3v) is 1.93. The first-order valence-corrected chi connectivity index (χ1v) is 4.21. The van der Waals surface area contributed by atoms with Crippen molar-refractivity contribution >= 4 is 11.8 Å². The molecule has 13 heavy (non-hydrogen) atoms. The van der Waals surface area contributed by atoms with Crippen molar-refractivity contribution in [2.24, 2.45) is 0 Å². The average Bonchev–Trinajstić information content (AvgIpc) is 2.49. The van der Waals surface area contributed by atoms with E-state index in [1.165, 1.54) is 7.11 Å². The van der Waals surface area contributed by atoms with Crippen molar-refractivity contribution in [1.29, 1.82) is 0 Å². The van der Waals surface area contributed by atoms with E-state index < -0.39 is 0 Å². The number of carbonyl (C=O) groups excluding carboxylic acids is 2. The van der Waals surface area contributed by atoms with Crippen LogP contribution >= 0.6 is 0 Å². The van der Waals surface area contributed by atoms with Gasteiger partial charge >= 0.3 is 5.97 Å². The van der Waals surface area contributed by atoms with Gasteiger partial charge in [-0.25, -0.2) is 4.79 Å². The fraction of sp³-hybridized carbons (Fsp3) is 0.556. The molecule has 0 aliphatic heterocycles. The lowest BCUT2D eigenvalue weighted by Gasteiger charge is -2.12. The van der Waals surface area contributed by atoms with Gasteiger partial charge in [-0.3, -0.25) is 4.79 Å². The van der Waals surface area contributed by atoms with Gasteiger partial charge in [0.1, 0.15) is 6.04 Å². The molecule has 0 aromatic carbocycles. The molecule has 0 radical (unpaired) electrons. The first kappa shape index (κ1) is 9.77. The maximum absolute atomic E-state index is 11.0. The van der Waals surface area contributed by atoms with Gasteiger partial charge in [-0.1, -0.05) is 0 Å². The largest absolute Gasteiger partial charge is 0.467 e. The molecule has 1 atom stereocenters. The monoisotopic (exact) mass is 183 g/mol. The summed E-state index contributed by atoms with van der Waals surface area (Å²) in [4.78, 5) is 21.8. The van der Waals surface area contributed by atoms with Crippen LogP contribution in [-0.4, -0.2) is 24.9 Å². The van der Waals surface area contributed by atoms with Gasteiger partial charge in [0.15, 0.2) is 5.78 Å². The zero-order valence-corrected chi connectivity index (χ0v) is 7.79. The van der Waals surface area contributed by atoms with Crippen molar-refractivity contribution in [1.82, 2.24) is 5.32 Å². The van der Waals surface area contributed by atoms with Gasteiger partial charge in [0.25, 0.3) is 0 Å². The van der Waals surface area contributed by atoms with Crippen molar-refractivity contribution in [2.45, 2.75) is 25.8 Å². The zero-order valence-electron chi connectivity index (χ0n) is 7.79. The van der Waals surface area contributed by atoms with Crippen LogP contribution in [-0.2, 0) is 14.3 Å². The summed E-state index contributed by atoms with van der Waals surface area (Å²) in [6.07, 6.45) is 2.77. The molecule has 0 aromatic rings. The van der Waals surface area contributed by atoms with Crippen LogP contribution in [0.1, 0.15) is 19.8 Å². The number of hydrogen-bond donors (Lipinski definition) is 1. The molecule has 0 fully saturated rings. The molecule has 1 rings (SSSR count). The van der Waals surface area contributed by atoms with E-state index in [0.717, 1.165) is 5.70 Å². The minimum atomic E-state index is -0.387. The Morgan fingerprint density at radius 3 is 2.77 bits per heavy atom. The maximum Gasteiger partial charge on any atom is 0.327 e. The van der Waals surface area contributed by atoms with E-state index in [1.807, 2.05) is 0 Å². The Hall–Kier alpha value is -1.32. The van der Waals surface area contributed by atoms with Crippen LogP contribution < -0.4 is 5.32 Å². The summed E-state index contributed by atoms with van der Waals surface area (Å²) < 4.78 is 4.54. The number of methoxy groups -OCH3 is 1. The lowest BCUT2D eigenvalue weighted by atomic mass is 10.3. The predicted molar refractivity (Wildman–Crippen MR) is 46.9 cm³/mol. The summed E-state index contributed by atoms with van der Waals surface area (Å²) in [5.74, 6) is -0.209. The van der Waals surface area contributed by atoms with Crippen molar-refractivity contribution in [2.75, 3.05) is 7.11 Å². The van der Waals surface area contributed by atoms with Crippen LogP contribution in [0.15, 0.2) is 11.8 Å². The standard InChI is InChI=1S/C9H13NO3/c1-6(9(12)13-2)10-7-3-4-8(11)5-7/h5-6,10H,3-4H2,1-2H3. The lowest BCUT2D eigenvalue weighted by molar-refractivity contribution is -0.142. The third kappa shape index (κ3) is 2.57. The molecule has 0 amide bonds.